The van der Waals surface area contributed by atoms with Gasteiger partial charge in [-0.2, -0.15) is 0 Å². The molecular weight excluding hydrogens is 338 g/mol. The number of hydrogen-bond donors (Lipinski definition) is 1. The standard InChI is InChI=1S/C22H27N3O2/c1-27-20-11-12-23-19(14-20)15-25-13-3-2-4-21(25)22(26)24-18-9-7-17(8-10-18)16-5-6-16/h7-12,14,16,21H,2-6,13,15H2,1H3,(H,24,26). The van der Waals surface area contributed by atoms with Gasteiger partial charge in [-0.05, 0) is 61.9 Å². The van der Waals surface area contributed by atoms with Gasteiger partial charge in [0.05, 0.1) is 18.8 Å². The van der Waals surface area contributed by atoms with Crippen LogP contribution < -0.4 is 10.1 Å². The molecule has 4 rings (SSSR count). The van der Waals surface area contributed by atoms with Crippen molar-refractivity contribution in [2.24, 2.45) is 0 Å². The summed E-state index contributed by atoms with van der Waals surface area (Å²) in [5.74, 6) is 1.62. The highest BCUT2D eigenvalue weighted by Gasteiger charge is 2.29. The number of hydrogen-bond acceptors (Lipinski definition) is 4. The third-order valence-electron chi connectivity index (χ3n) is 5.53. The smallest absolute Gasteiger partial charge is 0.241 e. The Hall–Kier alpha value is -2.40. The van der Waals surface area contributed by atoms with Crippen molar-refractivity contribution in [3.63, 3.8) is 0 Å². The predicted molar refractivity (Wildman–Crippen MR) is 106 cm³/mol. The van der Waals surface area contributed by atoms with E-state index in [0.717, 1.165) is 48.9 Å². The number of aromatic nitrogens is 1. The number of rotatable bonds is 6. The number of amides is 1. The lowest BCUT2D eigenvalue weighted by Gasteiger charge is -2.34. The minimum absolute atomic E-state index is 0.0803. The fourth-order valence-corrected chi connectivity index (χ4v) is 3.84. The molecule has 0 spiro atoms. The molecule has 2 heterocycles. The summed E-state index contributed by atoms with van der Waals surface area (Å²) in [5.41, 5.74) is 3.20. The number of benzene rings is 1. The maximum absolute atomic E-state index is 12.9. The Morgan fingerprint density at radius 2 is 2.00 bits per heavy atom. The van der Waals surface area contributed by atoms with Crippen LogP contribution in [0.1, 0.15) is 49.3 Å². The Kier molecular flexibility index (Phi) is 5.39. The monoisotopic (exact) mass is 365 g/mol. The van der Waals surface area contributed by atoms with Crippen LogP contribution in [0.5, 0.6) is 5.75 Å². The molecule has 1 atom stereocenters. The molecule has 0 radical (unpaired) electrons. The normalized spacial score (nSPS) is 20.3. The second-order valence-electron chi connectivity index (χ2n) is 7.55. The first-order valence-electron chi connectivity index (χ1n) is 9.87. The van der Waals surface area contributed by atoms with E-state index < -0.39 is 0 Å². The van der Waals surface area contributed by atoms with E-state index in [1.165, 1.54) is 18.4 Å². The van der Waals surface area contributed by atoms with Crippen molar-refractivity contribution < 1.29 is 9.53 Å². The number of carbonyl (C=O) groups is 1. The van der Waals surface area contributed by atoms with E-state index in [1.807, 2.05) is 24.3 Å². The molecule has 2 aromatic rings. The summed E-state index contributed by atoms with van der Waals surface area (Å²) in [4.78, 5) is 19.6. The molecule has 5 heteroatoms. The molecule has 1 aliphatic carbocycles. The Morgan fingerprint density at radius 1 is 1.19 bits per heavy atom. The average molecular weight is 365 g/mol. The average Bonchev–Trinajstić information content (AvgIpc) is 3.54. The predicted octanol–water partition coefficient (Wildman–Crippen LogP) is 3.96. The molecule has 1 aliphatic heterocycles. The highest BCUT2D eigenvalue weighted by atomic mass is 16.5. The van der Waals surface area contributed by atoms with E-state index >= 15 is 0 Å². The van der Waals surface area contributed by atoms with E-state index in [-0.39, 0.29) is 11.9 Å². The Morgan fingerprint density at radius 3 is 2.74 bits per heavy atom. The van der Waals surface area contributed by atoms with Gasteiger partial charge in [-0.1, -0.05) is 18.6 Å². The van der Waals surface area contributed by atoms with Crippen LogP contribution in [0.15, 0.2) is 42.6 Å². The van der Waals surface area contributed by atoms with Crippen LogP contribution in [0, 0.1) is 0 Å². The SMILES string of the molecule is COc1ccnc(CN2CCCCC2C(=O)Nc2ccc(C3CC3)cc2)c1. The molecule has 1 aromatic carbocycles. The number of likely N-dealkylation sites (tertiary alicyclic amines) is 1. The maximum Gasteiger partial charge on any atom is 0.241 e. The summed E-state index contributed by atoms with van der Waals surface area (Å²) in [5, 5.41) is 3.11. The highest BCUT2D eigenvalue weighted by molar-refractivity contribution is 5.94. The topological polar surface area (TPSA) is 54.5 Å². The zero-order valence-electron chi connectivity index (χ0n) is 15.9. The van der Waals surface area contributed by atoms with Crippen LogP contribution in [0.25, 0.3) is 0 Å². The van der Waals surface area contributed by atoms with Crippen LogP contribution in [0.4, 0.5) is 5.69 Å². The summed E-state index contributed by atoms with van der Waals surface area (Å²) < 4.78 is 5.29. The lowest BCUT2D eigenvalue weighted by atomic mass is 10.0. The molecule has 0 bridgehead atoms. The minimum atomic E-state index is -0.116. The molecule has 5 nitrogen and oxygen atoms in total. The number of nitrogens with zero attached hydrogens (tertiary/aromatic N) is 2. The fourth-order valence-electron chi connectivity index (χ4n) is 3.84. The lowest BCUT2D eigenvalue weighted by Crippen LogP contribution is -2.46. The Labute approximate surface area is 160 Å². The van der Waals surface area contributed by atoms with Gasteiger partial charge < -0.3 is 10.1 Å². The summed E-state index contributed by atoms with van der Waals surface area (Å²) in [6, 6.07) is 12.0. The largest absolute Gasteiger partial charge is 0.497 e. The van der Waals surface area contributed by atoms with Crippen LogP contribution >= 0.6 is 0 Å². The van der Waals surface area contributed by atoms with Crippen molar-refractivity contribution >= 4 is 11.6 Å². The van der Waals surface area contributed by atoms with Gasteiger partial charge >= 0.3 is 0 Å². The van der Waals surface area contributed by atoms with E-state index in [4.69, 9.17) is 4.74 Å². The number of ether oxygens (including phenoxy) is 1. The van der Waals surface area contributed by atoms with Crippen molar-refractivity contribution in [3.05, 3.63) is 53.9 Å². The van der Waals surface area contributed by atoms with E-state index in [9.17, 15) is 4.79 Å². The van der Waals surface area contributed by atoms with Gasteiger partial charge in [0.1, 0.15) is 5.75 Å². The van der Waals surface area contributed by atoms with Gasteiger partial charge in [0.2, 0.25) is 5.91 Å². The summed E-state index contributed by atoms with van der Waals surface area (Å²) in [7, 11) is 1.66. The molecular formula is C22H27N3O2. The molecule has 2 fully saturated rings. The van der Waals surface area contributed by atoms with Crippen LogP contribution in [-0.4, -0.2) is 35.5 Å². The van der Waals surface area contributed by atoms with Gasteiger partial charge in [-0.15, -0.1) is 0 Å². The Bertz CT molecular complexity index is 786. The molecule has 1 N–H and O–H groups in total. The van der Waals surface area contributed by atoms with Crippen molar-refractivity contribution in [3.8, 4) is 5.75 Å². The van der Waals surface area contributed by atoms with E-state index in [1.54, 1.807) is 13.3 Å². The number of piperidine rings is 1. The lowest BCUT2D eigenvalue weighted by molar-refractivity contribution is -0.122. The second kappa shape index (κ2) is 8.09. The fraction of sp³-hybridized carbons (Fsp3) is 0.455. The van der Waals surface area contributed by atoms with Gasteiger partial charge in [0.25, 0.3) is 0 Å². The molecule has 1 saturated heterocycles. The molecule has 1 aromatic heterocycles. The molecule has 142 valence electrons. The van der Waals surface area contributed by atoms with Crippen molar-refractivity contribution in [1.29, 1.82) is 0 Å². The van der Waals surface area contributed by atoms with E-state index in [2.05, 4.69) is 27.3 Å². The van der Waals surface area contributed by atoms with Crippen molar-refractivity contribution in [2.45, 2.75) is 50.6 Å². The minimum Gasteiger partial charge on any atom is -0.497 e. The summed E-state index contributed by atoms with van der Waals surface area (Å²) in [6.45, 7) is 1.58. The number of methoxy groups -OCH3 is 1. The van der Waals surface area contributed by atoms with Crippen LogP contribution in [0.2, 0.25) is 0 Å². The molecule has 1 amide bonds. The quantitative estimate of drug-likeness (QED) is 0.842. The number of carbonyl (C=O) groups excluding carboxylic acids is 1. The first-order chi connectivity index (χ1) is 13.2. The zero-order chi connectivity index (χ0) is 18.6. The first kappa shape index (κ1) is 18.0. The second-order valence-corrected chi connectivity index (χ2v) is 7.55. The molecule has 2 aliphatic rings. The number of pyridine rings is 1. The third kappa shape index (κ3) is 4.48. The third-order valence-corrected chi connectivity index (χ3v) is 5.53. The first-order valence-corrected chi connectivity index (χ1v) is 9.87. The van der Waals surface area contributed by atoms with Crippen molar-refractivity contribution in [1.82, 2.24) is 9.88 Å². The van der Waals surface area contributed by atoms with Crippen LogP contribution in [0.3, 0.4) is 0 Å². The summed E-state index contributed by atoms with van der Waals surface area (Å²) >= 11 is 0. The highest BCUT2D eigenvalue weighted by Crippen LogP contribution is 2.40. The Balaban J connectivity index is 1.41. The van der Waals surface area contributed by atoms with Crippen molar-refractivity contribution in [2.75, 3.05) is 19.0 Å². The maximum atomic E-state index is 12.9. The van der Waals surface area contributed by atoms with Gasteiger partial charge in [0, 0.05) is 24.5 Å². The number of anilines is 1. The van der Waals surface area contributed by atoms with Gasteiger partial charge in [-0.25, -0.2) is 0 Å². The van der Waals surface area contributed by atoms with Gasteiger partial charge in [0.15, 0.2) is 0 Å². The molecule has 27 heavy (non-hydrogen) atoms. The number of nitrogens with one attached hydrogen (secondary N) is 1. The summed E-state index contributed by atoms with van der Waals surface area (Å²) in [6.07, 6.45) is 7.43. The van der Waals surface area contributed by atoms with E-state index in [0.29, 0.717) is 6.54 Å². The van der Waals surface area contributed by atoms with Crippen LogP contribution in [-0.2, 0) is 11.3 Å². The van der Waals surface area contributed by atoms with Gasteiger partial charge in [-0.3, -0.25) is 14.7 Å². The molecule has 1 saturated carbocycles. The zero-order valence-corrected chi connectivity index (χ0v) is 15.9. The molecule has 1 unspecified atom stereocenters.